The van der Waals surface area contributed by atoms with Crippen LogP contribution in [0.5, 0.6) is 0 Å². The standard InChI is InChI=1S/3C11H18N2O3.2C8H13NO2.C6H13NO.C6H14O2S.2CH4/c3*1-3-5-12-9(14)4-6-13-10(15)7-8(2)11(13)16;2*1-3-4-9-7(10)5-6(2)8(9)11;1-3-5-7-6(8)4-2;1-3-5-9(7,8)6-4-2;;/h3*8H,3-7H2,1-2H3,(H,12,14);2*6H,3-5H2,1-2H3;3-5H2,1-2H3,(H,7,8);3-6H2,1-2H3;2*1H4. The van der Waals surface area contributed by atoms with Gasteiger partial charge in [0.05, 0.1) is 0 Å². The Morgan fingerprint density at radius 3 is 0.697 bits per heavy atom. The van der Waals surface area contributed by atoms with Gasteiger partial charge in [-0.05, 0) is 51.4 Å². The van der Waals surface area contributed by atoms with E-state index >= 15 is 0 Å². The van der Waals surface area contributed by atoms with Crippen LogP contribution in [-0.4, -0.2) is 186 Å². The molecule has 89 heavy (non-hydrogen) atoms. The highest BCUT2D eigenvalue weighted by molar-refractivity contribution is 7.91. The Morgan fingerprint density at radius 1 is 0.337 bits per heavy atom. The van der Waals surface area contributed by atoms with Crippen molar-refractivity contribution in [2.75, 3.05) is 70.4 Å². The molecule has 0 saturated carbocycles. The molecular formula is C63H115N9O16S. The Labute approximate surface area is 532 Å². The van der Waals surface area contributed by atoms with E-state index in [9.17, 15) is 75.5 Å². The van der Waals surface area contributed by atoms with Gasteiger partial charge in [-0.1, -0.05) is 112 Å². The summed E-state index contributed by atoms with van der Waals surface area (Å²) in [6.45, 7) is 30.8. The average molecular weight is 1290 g/mol. The second-order valence-electron chi connectivity index (χ2n) is 22.1. The Morgan fingerprint density at radius 2 is 0.539 bits per heavy atom. The molecule has 25 nitrogen and oxygen atoms in total. The molecule has 0 aromatic heterocycles. The summed E-state index contributed by atoms with van der Waals surface area (Å²) in [7, 11) is -2.68. The lowest BCUT2D eigenvalue weighted by molar-refractivity contribution is -0.141. The molecule has 5 saturated heterocycles. The van der Waals surface area contributed by atoms with E-state index < -0.39 is 9.84 Å². The zero-order valence-corrected chi connectivity index (χ0v) is 55.7. The number of carbonyl (C=O) groups is 14. The lowest BCUT2D eigenvalue weighted by Gasteiger charge is -2.13. The van der Waals surface area contributed by atoms with Crippen LogP contribution in [0, 0.1) is 29.6 Å². The maximum Gasteiger partial charge on any atom is 0.232 e. The number of hydrogen-bond acceptors (Lipinski definition) is 16. The normalized spacial score (nSPS) is 19.1. The molecule has 14 amide bonds. The minimum Gasteiger partial charge on any atom is -0.356 e. The summed E-state index contributed by atoms with van der Waals surface area (Å²) in [5, 5.41) is 10.9. The first-order chi connectivity index (χ1) is 40.9. The minimum atomic E-state index is -2.68. The maximum absolute atomic E-state index is 11.5. The van der Waals surface area contributed by atoms with Crippen molar-refractivity contribution in [1.29, 1.82) is 0 Å². The molecule has 26 heteroatoms. The predicted molar refractivity (Wildman–Crippen MR) is 343 cm³/mol. The fourth-order valence-electron chi connectivity index (χ4n) is 8.68. The van der Waals surface area contributed by atoms with Gasteiger partial charge >= 0.3 is 0 Å². The Bertz CT molecular complexity index is 2190. The van der Waals surface area contributed by atoms with Gasteiger partial charge in [-0.15, -0.1) is 0 Å². The molecule has 0 radical (unpaired) electrons. The minimum absolute atomic E-state index is 0. The molecule has 5 atom stereocenters. The average Bonchev–Trinajstić information content (AvgIpc) is 2.33. The van der Waals surface area contributed by atoms with Gasteiger partial charge in [0.1, 0.15) is 9.84 Å². The van der Waals surface area contributed by atoms with Crippen molar-refractivity contribution in [3.05, 3.63) is 0 Å². The van der Waals surface area contributed by atoms with Crippen molar-refractivity contribution < 1.29 is 75.5 Å². The number of imide groups is 5. The van der Waals surface area contributed by atoms with Crippen molar-refractivity contribution in [3.8, 4) is 0 Å². The van der Waals surface area contributed by atoms with Crippen molar-refractivity contribution >= 4 is 92.5 Å². The van der Waals surface area contributed by atoms with Gasteiger partial charge in [-0.3, -0.25) is 91.6 Å². The summed E-state index contributed by atoms with van der Waals surface area (Å²) in [5.74, 6) is -1.36. The van der Waals surface area contributed by atoms with Gasteiger partial charge in [0.2, 0.25) is 82.7 Å². The molecule has 5 fully saturated rings. The number of nitrogens with one attached hydrogen (secondary N) is 4. The number of carbonyl (C=O) groups excluding carboxylic acids is 14. The largest absolute Gasteiger partial charge is 0.356 e. The van der Waals surface area contributed by atoms with Crippen LogP contribution in [-0.2, 0) is 77.0 Å². The van der Waals surface area contributed by atoms with Crippen LogP contribution in [0.2, 0.25) is 0 Å². The first kappa shape index (κ1) is 89.0. The summed E-state index contributed by atoms with van der Waals surface area (Å²) in [6.07, 6.45) is 9.65. The molecular weight excluding hydrogens is 1170 g/mol. The third kappa shape index (κ3) is 35.5. The molecule has 0 aromatic carbocycles. The third-order valence-electron chi connectivity index (χ3n) is 13.6. The topological polar surface area (TPSA) is 337 Å². The molecule has 514 valence electrons. The van der Waals surface area contributed by atoms with Crippen LogP contribution < -0.4 is 21.3 Å². The Hall–Kier alpha value is -6.47. The zero-order valence-electron chi connectivity index (χ0n) is 54.9. The van der Waals surface area contributed by atoms with Gasteiger partial charge in [-0.25, -0.2) is 8.42 Å². The number of amides is 14. The van der Waals surface area contributed by atoms with E-state index in [1.54, 1.807) is 34.6 Å². The van der Waals surface area contributed by atoms with Crippen LogP contribution in [0.3, 0.4) is 0 Å². The van der Waals surface area contributed by atoms with E-state index in [-0.39, 0.29) is 185 Å². The lowest BCUT2D eigenvalue weighted by Crippen LogP contribution is -2.35. The van der Waals surface area contributed by atoms with Crippen molar-refractivity contribution in [3.63, 3.8) is 0 Å². The van der Waals surface area contributed by atoms with Crippen LogP contribution in [0.4, 0.5) is 0 Å². The second kappa shape index (κ2) is 49.3. The van der Waals surface area contributed by atoms with Crippen LogP contribution in [0.25, 0.3) is 0 Å². The molecule has 4 N–H and O–H groups in total. The molecule has 0 spiro atoms. The summed E-state index contributed by atoms with van der Waals surface area (Å²) in [4.78, 5) is 164. The Balaban J connectivity index is -0.000000479. The number of rotatable bonds is 26. The van der Waals surface area contributed by atoms with Gasteiger partial charge < -0.3 is 21.3 Å². The second-order valence-corrected chi connectivity index (χ2v) is 24.4. The van der Waals surface area contributed by atoms with Crippen molar-refractivity contribution in [2.24, 2.45) is 29.6 Å². The van der Waals surface area contributed by atoms with Crippen LogP contribution >= 0.6 is 0 Å². The summed E-state index contributed by atoms with van der Waals surface area (Å²) < 4.78 is 21.7. The zero-order chi connectivity index (χ0) is 67.0. The van der Waals surface area contributed by atoms with E-state index in [1.807, 2.05) is 62.3 Å². The smallest absolute Gasteiger partial charge is 0.232 e. The molecule has 5 unspecified atom stereocenters. The van der Waals surface area contributed by atoms with E-state index in [4.69, 9.17) is 0 Å². The number of sulfone groups is 1. The predicted octanol–water partition coefficient (Wildman–Crippen LogP) is 5.89. The van der Waals surface area contributed by atoms with Gasteiger partial charge in [0.25, 0.3) is 0 Å². The SMILES string of the molecule is C.C.CCCN1C(=O)CC(C)C1=O.CCCN1C(=O)CC(C)C1=O.CCCNC(=O)CC.CCCNC(=O)CCN1C(=O)CC(C)C1=O.CCCNC(=O)CCN1C(=O)CC(C)C1=O.CCCNC(=O)CCN1C(=O)CC(C)C1=O.CCCS(=O)(=O)CCC. The lowest BCUT2D eigenvalue weighted by atomic mass is 10.1. The highest BCUT2D eigenvalue weighted by Gasteiger charge is 2.38. The first-order valence-corrected chi connectivity index (χ1v) is 33.2. The fraction of sp³-hybridized carbons (Fsp3) is 0.778. The quantitative estimate of drug-likeness (QED) is 0.0733. The van der Waals surface area contributed by atoms with E-state index in [0.717, 1.165) is 57.9 Å². The first-order valence-electron chi connectivity index (χ1n) is 31.4. The van der Waals surface area contributed by atoms with Crippen LogP contribution in [0.1, 0.15) is 221 Å². The highest BCUT2D eigenvalue weighted by atomic mass is 32.2. The van der Waals surface area contributed by atoms with Gasteiger partial charge in [-0.2, -0.15) is 0 Å². The molecule has 5 aliphatic rings. The van der Waals surface area contributed by atoms with E-state index in [2.05, 4.69) is 21.3 Å². The van der Waals surface area contributed by atoms with E-state index in [0.29, 0.717) is 63.5 Å². The molecule has 0 bridgehead atoms. The monoisotopic (exact) mass is 1290 g/mol. The summed E-state index contributed by atoms with van der Waals surface area (Å²) in [5.41, 5.74) is 0. The van der Waals surface area contributed by atoms with Crippen molar-refractivity contribution in [1.82, 2.24) is 45.8 Å². The van der Waals surface area contributed by atoms with Gasteiger partial charge in [0, 0.05) is 158 Å². The molecule has 5 aliphatic heterocycles. The molecule has 5 rings (SSSR count). The Kier molecular flexibility index (Phi) is 49.3. The van der Waals surface area contributed by atoms with Gasteiger partial charge in [0.15, 0.2) is 0 Å². The molecule has 0 aliphatic carbocycles. The highest BCUT2D eigenvalue weighted by Crippen LogP contribution is 2.22. The summed E-state index contributed by atoms with van der Waals surface area (Å²) in [6, 6.07) is 0. The molecule has 0 aromatic rings. The maximum atomic E-state index is 11.5. The fourth-order valence-corrected chi connectivity index (χ4v) is 10.1. The number of likely N-dealkylation sites (tertiary alicyclic amines) is 5. The third-order valence-corrected chi connectivity index (χ3v) is 15.6. The molecule has 5 heterocycles. The number of hydrogen-bond donors (Lipinski definition) is 4. The van der Waals surface area contributed by atoms with Crippen LogP contribution in [0.15, 0.2) is 0 Å². The summed E-state index contributed by atoms with van der Waals surface area (Å²) >= 11 is 0. The van der Waals surface area contributed by atoms with E-state index in [1.165, 1.54) is 24.5 Å². The number of nitrogens with zero attached hydrogens (tertiary/aromatic N) is 5. The van der Waals surface area contributed by atoms with Crippen molar-refractivity contribution in [2.45, 2.75) is 221 Å².